The van der Waals surface area contributed by atoms with Crippen LogP contribution in [0, 0.1) is 0 Å². The largest absolute Gasteiger partial charge is 0.508 e. The number of ether oxygens (including phenoxy) is 1. The van der Waals surface area contributed by atoms with E-state index in [0.29, 0.717) is 35.7 Å². The predicted octanol–water partition coefficient (Wildman–Crippen LogP) is 3.99. The molecule has 0 spiro atoms. The highest BCUT2D eigenvalue weighted by molar-refractivity contribution is 6.30. The molecule has 160 valence electrons. The van der Waals surface area contributed by atoms with E-state index in [0.717, 1.165) is 5.75 Å². The summed E-state index contributed by atoms with van der Waals surface area (Å²) in [7, 11) is 0. The molecule has 0 atom stereocenters. The van der Waals surface area contributed by atoms with E-state index in [1.165, 1.54) is 12.3 Å². The lowest BCUT2D eigenvalue weighted by atomic mass is 10.0. The second-order valence-corrected chi connectivity index (χ2v) is 7.42. The molecule has 31 heavy (non-hydrogen) atoms. The molecule has 0 saturated carbocycles. The number of amides is 1. The van der Waals surface area contributed by atoms with Crippen molar-refractivity contribution >= 4 is 23.3 Å². The molecule has 0 fully saturated rings. The minimum atomic E-state index is -0.304. The molecular formula is C24H23ClN2O4. The quantitative estimate of drug-likeness (QED) is 0.467. The summed E-state index contributed by atoms with van der Waals surface area (Å²) in [4.78, 5) is 28.8. The fraction of sp³-hybridized carbons (Fsp3) is 0.208. The number of carbonyl (C=O) groups excluding carboxylic acids is 2. The number of aromatic nitrogens is 1. The molecule has 2 N–H and O–H groups in total. The van der Waals surface area contributed by atoms with Crippen LogP contribution in [0.2, 0.25) is 5.02 Å². The summed E-state index contributed by atoms with van der Waals surface area (Å²) >= 11 is 5.93. The first-order valence-corrected chi connectivity index (χ1v) is 10.3. The van der Waals surface area contributed by atoms with E-state index in [-0.39, 0.29) is 36.0 Å². The highest BCUT2D eigenvalue weighted by Gasteiger charge is 2.12. The van der Waals surface area contributed by atoms with Crippen molar-refractivity contribution in [3.8, 4) is 11.5 Å². The summed E-state index contributed by atoms with van der Waals surface area (Å²) in [6.07, 6.45) is 2.34. The van der Waals surface area contributed by atoms with E-state index in [1.54, 1.807) is 24.3 Å². The Morgan fingerprint density at radius 2 is 1.84 bits per heavy atom. The lowest BCUT2D eigenvalue weighted by Gasteiger charge is -2.08. The summed E-state index contributed by atoms with van der Waals surface area (Å²) in [6, 6.07) is 17.4. The van der Waals surface area contributed by atoms with Crippen LogP contribution in [-0.4, -0.2) is 34.9 Å². The maximum Gasteiger partial charge on any atom is 0.269 e. The highest BCUT2D eigenvalue weighted by atomic mass is 35.5. The van der Waals surface area contributed by atoms with Gasteiger partial charge in [-0.2, -0.15) is 0 Å². The Morgan fingerprint density at radius 3 is 2.65 bits per heavy atom. The normalized spacial score (nSPS) is 10.5. The number of rotatable bonds is 10. The number of hydrogen-bond acceptors (Lipinski definition) is 5. The third-order valence-corrected chi connectivity index (χ3v) is 4.74. The molecule has 0 aliphatic heterocycles. The molecule has 2 aromatic carbocycles. The number of nitrogens with one attached hydrogen (secondary N) is 1. The molecule has 1 heterocycles. The van der Waals surface area contributed by atoms with Gasteiger partial charge in [-0.15, -0.1) is 0 Å². The molecule has 0 aliphatic rings. The Morgan fingerprint density at radius 1 is 1.03 bits per heavy atom. The lowest BCUT2D eigenvalue weighted by Crippen LogP contribution is -2.26. The number of carbonyl (C=O) groups is 2. The first-order valence-electron chi connectivity index (χ1n) is 9.91. The number of pyridine rings is 1. The number of halogens is 1. The second kappa shape index (κ2) is 11.1. The third-order valence-electron chi connectivity index (χ3n) is 4.51. The van der Waals surface area contributed by atoms with Crippen molar-refractivity contribution < 1.29 is 19.4 Å². The van der Waals surface area contributed by atoms with Gasteiger partial charge in [-0.05, 0) is 54.4 Å². The zero-order valence-electron chi connectivity index (χ0n) is 16.9. The molecule has 3 rings (SSSR count). The second-order valence-electron chi connectivity index (χ2n) is 6.99. The fourth-order valence-corrected chi connectivity index (χ4v) is 3.17. The molecular weight excluding hydrogens is 416 g/mol. The van der Waals surface area contributed by atoms with Crippen LogP contribution in [0.4, 0.5) is 0 Å². The number of aromatic hydroxyl groups is 1. The van der Waals surface area contributed by atoms with E-state index in [2.05, 4.69) is 10.3 Å². The fourth-order valence-electron chi connectivity index (χ4n) is 2.98. The third kappa shape index (κ3) is 7.12. The van der Waals surface area contributed by atoms with Gasteiger partial charge in [0, 0.05) is 36.2 Å². The van der Waals surface area contributed by atoms with Crippen molar-refractivity contribution in [2.24, 2.45) is 0 Å². The van der Waals surface area contributed by atoms with Gasteiger partial charge in [0.25, 0.3) is 5.91 Å². The summed E-state index contributed by atoms with van der Waals surface area (Å²) in [5.74, 6) is 0.414. The van der Waals surface area contributed by atoms with Crippen LogP contribution in [0.25, 0.3) is 0 Å². The molecule has 0 aliphatic carbocycles. The lowest BCUT2D eigenvalue weighted by molar-refractivity contribution is -0.117. The average Bonchev–Trinajstić information content (AvgIpc) is 2.77. The van der Waals surface area contributed by atoms with E-state index in [9.17, 15) is 14.7 Å². The van der Waals surface area contributed by atoms with Crippen molar-refractivity contribution in [3.63, 3.8) is 0 Å². The van der Waals surface area contributed by atoms with Gasteiger partial charge in [-0.25, -0.2) is 0 Å². The molecule has 0 saturated heterocycles. The van der Waals surface area contributed by atoms with Crippen LogP contribution in [0.15, 0.2) is 66.9 Å². The van der Waals surface area contributed by atoms with Gasteiger partial charge in [0.2, 0.25) is 0 Å². The Balaban J connectivity index is 1.46. The summed E-state index contributed by atoms with van der Waals surface area (Å²) in [6.45, 7) is 0.938. The molecule has 0 radical (unpaired) electrons. The SMILES string of the molecule is O=C(Cc1ccnc(C(=O)NCCCOc2ccccc2)c1)Cc1cc(Cl)ccc1O. The summed E-state index contributed by atoms with van der Waals surface area (Å²) in [5.41, 5.74) is 1.40. The molecule has 7 heteroatoms. The van der Waals surface area contributed by atoms with Gasteiger partial charge in [0.05, 0.1) is 6.61 Å². The van der Waals surface area contributed by atoms with Crippen LogP contribution in [0.1, 0.15) is 28.0 Å². The van der Waals surface area contributed by atoms with Crippen molar-refractivity contribution in [3.05, 3.63) is 88.7 Å². The minimum absolute atomic E-state index is 0.0313. The van der Waals surface area contributed by atoms with Gasteiger partial charge in [0.15, 0.2) is 0 Å². The number of ketones is 1. The van der Waals surface area contributed by atoms with Gasteiger partial charge in [0.1, 0.15) is 23.0 Å². The molecule has 3 aromatic rings. The standard InChI is InChI=1S/C24H23ClN2O4/c25-19-7-8-23(29)18(15-19)16-20(28)13-17-9-11-26-22(14-17)24(30)27-10-4-12-31-21-5-2-1-3-6-21/h1-3,5-9,11,14-15,29H,4,10,12-13,16H2,(H,27,30). The van der Waals surface area contributed by atoms with E-state index in [4.69, 9.17) is 16.3 Å². The summed E-state index contributed by atoms with van der Waals surface area (Å²) in [5, 5.41) is 13.1. The Bertz CT molecular complexity index is 1040. The van der Waals surface area contributed by atoms with Gasteiger partial charge < -0.3 is 15.2 Å². The van der Waals surface area contributed by atoms with E-state index < -0.39 is 0 Å². The first kappa shape index (κ1) is 22.3. The van der Waals surface area contributed by atoms with Crippen LogP contribution in [-0.2, 0) is 17.6 Å². The van der Waals surface area contributed by atoms with Gasteiger partial charge >= 0.3 is 0 Å². The van der Waals surface area contributed by atoms with Crippen LogP contribution >= 0.6 is 11.6 Å². The number of phenols is 1. The van der Waals surface area contributed by atoms with Gasteiger partial charge in [-0.1, -0.05) is 29.8 Å². The van der Waals surface area contributed by atoms with Crippen molar-refractivity contribution in [2.75, 3.05) is 13.2 Å². The van der Waals surface area contributed by atoms with E-state index >= 15 is 0 Å². The number of Topliss-reactive ketones (excluding diaryl/α,β-unsaturated/α-hetero) is 1. The Labute approximate surface area is 185 Å². The van der Waals surface area contributed by atoms with Crippen molar-refractivity contribution in [2.45, 2.75) is 19.3 Å². The molecule has 1 aromatic heterocycles. The Kier molecular flexibility index (Phi) is 8.01. The Hall–Kier alpha value is -3.38. The molecule has 0 unspecified atom stereocenters. The minimum Gasteiger partial charge on any atom is -0.508 e. The molecule has 0 bridgehead atoms. The monoisotopic (exact) mass is 438 g/mol. The summed E-state index contributed by atoms with van der Waals surface area (Å²) < 4.78 is 5.59. The predicted molar refractivity (Wildman–Crippen MR) is 119 cm³/mol. The van der Waals surface area contributed by atoms with Crippen molar-refractivity contribution in [1.82, 2.24) is 10.3 Å². The van der Waals surface area contributed by atoms with Crippen LogP contribution < -0.4 is 10.1 Å². The number of hydrogen-bond donors (Lipinski definition) is 2. The topological polar surface area (TPSA) is 88.5 Å². The van der Waals surface area contributed by atoms with Gasteiger partial charge in [-0.3, -0.25) is 14.6 Å². The number of benzene rings is 2. The van der Waals surface area contributed by atoms with E-state index in [1.807, 2.05) is 30.3 Å². The number of para-hydroxylation sites is 1. The number of nitrogens with zero attached hydrogens (tertiary/aromatic N) is 1. The smallest absolute Gasteiger partial charge is 0.269 e. The zero-order valence-corrected chi connectivity index (χ0v) is 17.6. The molecule has 6 nitrogen and oxygen atoms in total. The maximum absolute atomic E-state index is 12.4. The zero-order chi connectivity index (χ0) is 22.1. The van der Waals surface area contributed by atoms with Crippen LogP contribution in [0.3, 0.4) is 0 Å². The molecule has 1 amide bonds. The number of phenolic OH excluding ortho intramolecular Hbond substituents is 1. The highest BCUT2D eigenvalue weighted by Crippen LogP contribution is 2.22. The van der Waals surface area contributed by atoms with Crippen molar-refractivity contribution in [1.29, 1.82) is 0 Å². The first-order chi connectivity index (χ1) is 15.0. The average molecular weight is 439 g/mol. The van der Waals surface area contributed by atoms with Crippen LogP contribution in [0.5, 0.6) is 11.5 Å². The maximum atomic E-state index is 12.4.